The van der Waals surface area contributed by atoms with E-state index in [1.54, 1.807) is 30.9 Å². The number of β-amino-alcohol motifs (C(OH)–C–C–N with tert-alkyl or cyclic N) is 1. The van der Waals surface area contributed by atoms with Crippen molar-refractivity contribution in [1.29, 1.82) is 0 Å². The number of nitrogens with two attached hydrogens (primary N) is 1. The Labute approximate surface area is 777 Å². The second-order valence-electron chi connectivity index (χ2n) is 40.7. The van der Waals surface area contributed by atoms with Crippen LogP contribution >= 0.6 is 0 Å². The van der Waals surface area contributed by atoms with Gasteiger partial charge in [-0.15, -0.1) is 0 Å². The number of piperidine rings is 13. The lowest BCUT2D eigenvalue weighted by Gasteiger charge is -2.42. The summed E-state index contributed by atoms with van der Waals surface area (Å²) < 4.78 is 5.29. The third-order valence-corrected chi connectivity index (χ3v) is 30.7. The molecule has 0 saturated carbocycles. The molecule has 15 fully saturated rings. The highest BCUT2D eigenvalue weighted by atomic mass is 16.5. The van der Waals surface area contributed by atoms with Crippen LogP contribution in [-0.2, 0) is 63.1 Å². The van der Waals surface area contributed by atoms with Crippen LogP contribution in [0.15, 0.2) is 30.3 Å². The van der Waals surface area contributed by atoms with Gasteiger partial charge in [0.25, 0.3) is 0 Å². The molecule has 5 unspecified atom stereocenters. The Kier molecular flexibility index (Phi) is 42.6. The van der Waals surface area contributed by atoms with Gasteiger partial charge in [0.1, 0.15) is 0 Å². The second-order valence-corrected chi connectivity index (χ2v) is 40.7. The Morgan fingerprint density at radius 1 is 0.385 bits per heavy atom. The van der Waals surface area contributed by atoms with Crippen LogP contribution in [0.1, 0.15) is 211 Å². The molecule has 5 N–H and O–H groups in total. The maximum Gasteiger partial charge on any atom is 0.226 e. The average molecular weight is 1820 g/mol. The Hall–Kier alpha value is -7.01. The van der Waals surface area contributed by atoms with E-state index in [1.807, 2.05) is 49.9 Å². The minimum Gasteiger partial charge on any atom is -0.389 e. The molecule has 15 heterocycles. The predicted molar refractivity (Wildman–Crippen MR) is 503 cm³/mol. The van der Waals surface area contributed by atoms with Gasteiger partial charge < -0.3 is 104 Å². The fourth-order valence-corrected chi connectivity index (χ4v) is 21.8. The molecule has 0 aliphatic carbocycles. The van der Waals surface area contributed by atoms with Gasteiger partial charge in [-0.2, -0.15) is 0 Å². The number of nitrogens with one attached hydrogen (secondary N) is 1. The van der Waals surface area contributed by atoms with Gasteiger partial charge in [0.2, 0.25) is 65.0 Å². The fraction of sp³-hybridized carbons (Fsp3) is 0.827. The van der Waals surface area contributed by atoms with Crippen molar-refractivity contribution in [2.45, 2.75) is 253 Å². The lowest BCUT2D eigenvalue weighted by Crippen LogP contribution is -2.55. The zero-order chi connectivity index (χ0) is 93.6. The highest BCUT2D eigenvalue weighted by Gasteiger charge is 2.43. The first-order valence-corrected chi connectivity index (χ1v) is 50.2. The quantitative estimate of drug-likeness (QED) is 0.165. The number of nitrogens with zero attached hydrogens (tertiary/aromatic N) is 16. The molecular weight excluding hydrogens is 1650 g/mol. The third-order valence-electron chi connectivity index (χ3n) is 30.7. The maximum absolute atomic E-state index is 12.8. The van der Waals surface area contributed by atoms with Gasteiger partial charge in [-0.1, -0.05) is 30.3 Å². The maximum atomic E-state index is 12.8. The summed E-state index contributed by atoms with van der Waals surface area (Å²) in [5.41, 5.74) is 5.68. The molecule has 0 bridgehead atoms. The highest BCUT2D eigenvalue weighted by molar-refractivity contribution is 5.90. The number of primary amides is 1. The van der Waals surface area contributed by atoms with Crippen molar-refractivity contribution in [2.24, 2.45) is 35.3 Å². The number of morpholine rings is 1. The summed E-state index contributed by atoms with van der Waals surface area (Å²) in [7, 11) is 20.0. The van der Waals surface area contributed by atoms with E-state index in [9.17, 15) is 63.0 Å². The lowest BCUT2D eigenvalue weighted by atomic mass is 9.85. The number of ether oxygens (including phenoxy) is 1. The van der Waals surface area contributed by atoms with Crippen molar-refractivity contribution >= 4 is 65.0 Å². The van der Waals surface area contributed by atoms with E-state index in [0.717, 1.165) is 291 Å². The van der Waals surface area contributed by atoms with Crippen LogP contribution in [0.3, 0.4) is 0 Å². The van der Waals surface area contributed by atoms with Crippen molar-refractivity contribution < 1.29 is 67.7 Å². The minimum atomic E-state index is -0.590. The topological polar surface area (TPSA) is 327 Å². The summed E-state index contributed by atoms with van der Waals surface area (Å²) in [5.74, 6) is 0.523. The number of rotatable bonds is 17. The van der Waals surface area contributed by atoms with E-state index in [2.05, 4.69) is 104 Å². The Bertz CT molecular complexity index is 3690. The smallest absolute Gasteiger partial charge is 0.226 e. The van der Waals surface area contributed by atoms with Gasteiger partial charge in [-0.25, -0.2) is 0 Å². The van der Waals surface area contributed by atoms with Crippen molar-refractivity contribution in [3.63, 3.8) is 0 Å². The van der Waals surface area contributed by atoms with E-state index in [1.165, 1.54) is 19.3 Å². The van der Waals surface area contributed by atoms with Crippen LogP contribution in [0, 0.1) is 29.6 Å². The standard InChI is InChI=1S/C17H29N3O3.C16H27N3O3.C15H27N3O2.C14H25N3O2.C13H23N3O2.C12H17NO.C11H20N2O/c1-18-7-4-15(5-8-18)20-6-2-3-14(17(20)22)13-16(21)19-9-11-23-12-10-19;1-17-7-4-13(5-8-17)19-6-2-3-12(16(19)22)9-15(21)18-10-14(20)11-18;1-16(2)14(19)11-12-5-4-8-18(15(12)20)13-6-9-17(3)10-7-13;1-15-13(18)10-11-4-3-7-17(14(11)19)12-5-8-16(2)9-6-12;1-15-7-4-11(5-8-15)16-6-2-3-10(13(16)18)9-12(14)17;1-13-9-7-12(14,8-10-13)11-5-3-2-4-6-11;1-12-8-5-10(6-9-12)13-7-3-2-4-11(13)14/h14-15H,2-13H2,1H3;12-14,20H,2-11H2,1H3;12-13H,4-11H2,1-3H3;11-12H,3-10H2,1-2H3,(H,15,18);10-11H,2-9H2,1H3,(H2,14,17);2-6,14H,7-10H2,1H3;10H,2-9H2,1H3. The van der Waals surface area contributed by atoms with Crippen LogP contribution in [0.4, 0.5) is 0 Å². The number of carbonyl (C=O) groups is 11. The molecule has 15 aliphatic heterocycles. The van der Waals surface area contributed by atoms with E-state index >= 15 is 0 Å². The van der Waals surface area contributed by atoms with Crippen molar-refractivity contribution in [3.8, 4) is 0 Å². The Morgan fingerprint density at radius 3 is 1.00 bits per heavy atom. The third kappa shape index (κ3) is 31.8. The van der Waals surface area contributed by atoms with Crippen LogP contribution in [0.25, 0.3) is 0 Å². The van der Waals surface area contributed by atoms with Crippen molar-refractivity contribution in [3.05, 3.63) is 35.9 Å². The molecule has 734 valence electrons. The molecule has 16 rings (SSSR count). The number of aliphatic hydroxyl groups is 2. The average Bonchev–Trinajstić information content (AvgIpc) is 0.832. The molecule has 0 aromatic heterocycles. The predicted octanol–water partition coefficient (Wildman–Crippen LogP) is 4.62. The molecule has 1 aromatic carbocycles. The molecule has 1 aromatic rings. The highest BCUT2D eigenvalue weighted by Crippen LogP contribution is 2.36. The molecule has 5 atom stereocenters. The molecule has 11 amide bonds. The number of hydrogen-bond donors (Lipinski definition) is 4. The number of likely N-dealkylation sites (tertiary alicyclic amines) is 14. The molecule has 130 heavy (non-hydrogen) atoms. The van der Waals surface area contributed by atoms with E-state index in [4.69, 9.17) is 10.5 Å². The molecule has 15 aliphatic rings. The van der Waals surface area contributed by atoms with Gasteiger partial charge in [0.05, 0.1) is 24.9 Å². The normalized spacial score (nSPS) is 26.8. The molecule has 32 nitrogen and oxygen atoms in total. The number of benzene rings is 1. The van der Waals surface area contributed by atoms with Crippen LogP contribution in [0.2, 0.25) is 0 Å². The number of aliphatic hydroxyl groups excluding tert-OH is 1. The molecule has 0 spiro atoms. The molecule has 15 saturated heterocycles. The first-order chi connectivity index (χ1) is 62.3. The summed E-state index contributed by atoms with van der Waals surface area (Å²) in [6, 6.07) is 12.4. The summed E-state index contributed by atoms with van der Waals surface area (Å²) in [5, 5.41) is 22.3. The molecular formula is C98H168N18O14. The van der Waals surface area contributed by atoms with Gasteiger partial charge in [0.15, 0.2) is 0 Å². The summed E-state index contributed by atoms with van der Waals surface area (Å²) >= 11 is 0. The summed E-state index contributed by atoms with van der Waals surface area (Å²) in [6.07, 6.45) is 28.2. The Morgan fingerprint density at radius 2 is 0.685 bits per heavy atom. The van der Waals surface area contributed by atoms with E-state index in [0.29, 0.717) is 107 Å². The van der Waals surface area contributed by atoms with Crippen molar-refractivity contribution in [1.82, 2.24) is 83.7 Å². The van der Waals surface area contributed by atoms with Gasteiger partial charge in [-0.3, -0.25) is 52.7 Å². The summed E-state index contributed by atoms with van der Waals surface area (Å²) in [6.45, 7) is 23.6. The van der Waals surface area contributed by atoms with Gasteiger partial charge >= 0.3 is 0 Å². The number of carbonyl (C=O) groups excluding carboxylic acids is 11. The van der Waals surface area contributed by atoms with Crippen molar-refractivity contribution in [2.75, 3.05) is 241 Å². The number of amides is 11. The van der Waals surface area contributed by atoms with Crippen LogP contribution in [-0.4, -0.2) is 437 Å². The first-order valence-electron chi connectivity index (χ1n) is 50.2. The second kappa shape index (κ2) is 52.8. The SMILES string of the molecule is CN1CCC(N2CCCC(CC(=O)N(C)C)C2=O)CC1.CN1CCC(N2CCCC(CC(=O)N3CC(O)C3)C2=O)CC1.CN1CCC(N2CCCC(CC(=O)N3CCOCC3)C2=O)CC1.CN1CCC(N2CCCC(CC(N)=O)C2=O)CC1.CN1CCC(N2CCCCC2=O)CC1.CN1CCC(O)(c2ccccc2)CC1.CNC(=O)CC1CCCN(C2CCN(C)CC2)C1=O. The number of hydrogen-bond acceptors (Lipinski definition) is 21. The van der Waals surface area contributed by atoms with E-state index in [-0.39, 0.29) is 101 Å². The van der Waals surface area contributed by atoms with Gasteiger partial charge in [0, 0.05) is 204 Å². The Balaban J connectivity index is 0.000000159. The van der Waals surface area contributed by atoms with E-state index < -0.39 is 5.60 Å². The zero-order valence-electron chi connectivity index (χ0n) is 81.4. The summed E-state index contributed by atoms with van der Waals surface area (Å²) in [4.78, 5) is 167. The first kappa shape index (κ1) is 105. The largest absolute Gasteiger partial charge is 0.389 e. The van der Waals surface area contributed by atoms with Crippen LogP contribution < -0.4 is 11.1 Å². The lowest BCUT2D eigenvalue weighted by molar-refractivity contribution is -0.150. The monoisotopic (exact) mass is 1820 g/mol. The zero-order valence-corrected chi connectivity index (χ0v) is 81.4. The fourth-order valence-electron chi connectivity index (χ4n) is 21.8. The van der Waals surface area contributed by atoms with Crippen LogP contribution in [0.5, 0.6) is 0 Å². The molecule has 32 heteroatoms. The van der Waals surface area contributed by atoms with Gasteiger partial charge in [-0.05, 0) is 300 Å². The minimum absolute atomic E-state index is 0.0221. The molecule has 0 radical (unpaired) electrons.